The molecule has 6 nitrogen and oxygen atoms in total. The van der Waals surface area contributed by atoms with Gasteiger partial charge in [0.05, 0.1) is 12.9 Å². The lowest BCUT2D eigenvalue weighted by Gasteiger charge is -2.09. The van der Waals surface area contributed by atoms with Crippen LogP contribution < -0.4 is 10.1 Å². The Bertz CT molecular complexity index is 910. The monoisotopic (exact) mass is 402 g/mol. The molecule has 0 aliphatic carbocycles. The second-order valence-corrected chi connectivity index (χ2v) is 7.13. The molecule has 0 fully saturated rings. The number of aryl methyl sites for hydroxylation is 1. The fourth-order valence-corrected chi connectivity index (χ4v) is 3.40. The van der Waals surface area contributed by atoms with Gasteiger partial charge in [0.1, 0.15) is 11.6 Å². The van der Waals surface area contributed by atoms with Gasteiger partial charge in [-0.15, -0.1) is 10.2 Å². The first-order valence-electron chi connectivity index (χ1n) is 8.27. The molecule has 3 aromatic rings. The highest BCUT2D eigenvalue weighted by molar-refractivity contribution is 7.99. The van der Waals surface area contributed by atoms with Gasteiger partial charge in [-0.3, -0.25) is 9.36 Å². The van der Waals surface area contributed by atoms with Gasteiger partial charge in [0.2, 0.25) is 5.91 Å². The van der Waals surface area contributed by atoms with Gasteiger partial charge in [-0.1, -0.05) is 35.5 Å². The van der Waals surface area contributed by atoms with Gasteiger partial charge in [-0.25, -0.2) is 0 Å². The molecule has 0 spiro atoms. The summed E-state index contributed by atoms with van der Waals surface area (Å²) in [4.78, 5) is 12.2. The molecule has 140 valence electrons. The number of nitrogens with one attached hydrogen (secondary N) is 1. The normalized spacial score (nSPS) is 10.6. The first-order valence-corrected chi connectivity index (χ1v) is 9.63. The number of carbonyl (C=O) groups is 1. The van der Waals surface area contributed by atoms with E-state index < -0.39 is 0 Å². The van der Waals surface area contributed by atoms with E-state index in [0.717, 1.165) is 22.8 Å². The van der Waals surface area contributed by atoms with Crippen LogP contribution in [0.4, 0.5) is 0 Å². The van der Waals surface area contributed by atoms with E-state index in [-0.39, 0.29) is 11.7 Å². The van der Waals surface area contributed by atoms with Crippen molar-refractivity contribution in [2.24, 2.45) is 0 Å². The molecule has 1 amide bonds. The zero-order valence-electron chi connectivity index (χ0n) is 15.0. The number of amides is 1. The van der Waals surface area contributed by atoms with Crippen LogP contribution in [0.2, 0.25) is 5.02 Å². The van der Waals surface area contributed by atoms with Gasteiger partial charge in [0, 0.05) is 17.3 Å². The van der Waals surface area contributed by atoms with Crippen molar-refractivity contribution in [1.29, 1.82) is 0 Å². The Balaban J connectivity index is 1.58. The third kappa shape index (κ3) is 5.02. The van der Waals surface area contributed by atoms with Crippen molar-refractivity contribution in [3.63, 3.8) is 0 Å². The average molecular weight is 403 g/mol. The number of hydrogen-bond donors (Lipinski definition) is 1. The van der Waals surface area contributed by atoms with E-state index in [2.05, 4.69) is 15.5 Å². The highest BCUT2D eigenvalue weighted by Gasteiger charge is 2.13. The van der Waals surface area contributed by atoms with Gasteiger partial charge >= 0.3 is 0 Å². The molecule has 0 saturated carbocycles. The van der Waals surface area contributed by atoms with E-state index in [1.54, 1.807) is 7.11 Å². The fraction of sp³-hybridized carbons (Fsp3) is 0.211. The quantitative estimate of drug-likeness (QED) is 0.611. The maximum absolute atomic E-state index is 12.2. The van der Waals surface area contributed by atoms with Gasteiger partial charge in [-0.05, 0) is 48.9 Å². The second-order valence-electron chi connectivity index (χ2n) is 5.76. The van der Waals surface area contributed by atoms with E-state index >= 15 is 0 Å². The highest BCUT2D eigenvalue weighted by atomic mass is 35.5. The summed E-state index contributed by atoms with van der Waals surface area (Å²) in [7, 11) is 1.62. The largest absolute Gasteiger partial charge is 0.497 e. The Kier molecular flexibility index (Phi) is 6.36. The predicted octanol–water partition coefficient (Wildman–Crippen LogP) is 3.65. The Hall–Kier alpha value is -2.51. The summed E-state index contributed by atoms with van der Waals surface area (Å²) in [6.07, 6.45) is 0. The van der Waals surface area contributed by atoms with Crippen molar-refractivity contribution < 1.29 is 9.53 Å². The molecule has 1 aromatic heterocycles. The summed E-state index contributed by atoms with van der Waals surface area (Å²) >= 11 is 7.29. The molecule has 8 heteroatoms. The van der Waals surface area contributed by atoms with Crippen molar-refractivity contribution >= 4 is 29.3 Å². The summed E-state index contributed by atoms with van der Waals surface area (Å²) in [5.74, 6) is 1.72. The first-order chi connectivity index (χ1) is 13.1. The first kappa shape index (κ1) is 19.3. The molecule has 0 aliphatic heterocycles. The number of carbonyl (C=O) groups excluding carboxylic acids is 1. The predicted molar refractivity (Wildman–Crippen MR) is 107 cm³/mol. The molecule has 0 saturated heterocycles. The van der Waals surface area contributed by atoms with Crippen LogP contribution in [-0.2, 0) is 11.3 Å². The van der Waals surface area contributed by atoms with Crippen LogP contribution in [0.25, 0.3) is 5.69 Å². The molecule has 0 unspecified atom stereocenters. The topological polar surface area (TPSA) is 69.0 Å². The third-order valence-electron chi connectivity index (χ3n) is 3.86. The summed E-state index contributed by atoms with van der Waals surface area (Å²) in [5.41, 5.74) is 1.91. The lowest BCUT2D eigenvalue weighted by atomic mass is 10.2. The zero-order valence-corrected chi connectivity index (χ0v) is 16.5. The second kappa shape index (κ2) is 8.92. The van der Waals surface area contributed by atoms with E-state index in [1.807, 2.05) is 60.0 Å². The van der Waals surface area contributed by atoms with E-state index in [0.29, 0.717) is 16.7 Å². The maximum atomic E-state index is 12.2. The number of ether oxygens (including phenoxy) is 1. The Morgan fingerprint density at radius 1 is 1.15 bits per heavy atom. The number of nitrogens with zero attached hydrogens (tertiary/aromatic N) is 3. The third-order valence-corrected chi connectivity index (χ3v) is 5.04. The molecule has 0 bridgehead atoms. The van der Waals surface area contributed by atoms with Crippen LogP contribution >= 0.6 is 23.4 Å². The van der Waals surface area contributed by atoms with Crippen LogP contribution in [0.5, 0.6) is 5.75 Å². The van der Waals surface area contributed by atoms with Gasteiger partial charge in [-0.2, -0.15) is 0 Å². The Morgan fingerprint density at radius 2 is 1.85 bits per heavy atom. The molecular formula is C19H19ClN4O2S. The van der Waals surface area contributed by atoms with Crippen molar-refractivity contribution in [2.75, 3.05) is 12.9 Å². The minimum Gasteiger partial charge on any atom is -0.497 e. The number of hydrogen-bond acceptors (Lipinski definition) is 5. The van der Waals surface area contributed by atoms with E-state index in [1.165, 1.54) is 11.8 Å². The van der Waals surface area contributed by atoms with Crippen LogP contribution in [0.15, 0.2) is 53.7 Å². The minimum absolute atomic E-state index is 0.0703. The SMILES string of the molecule is COc1ccc(CNC(=O)CSc2nnc(C)n2-c2ccc(Cl)cc2)cc1. The van der Waals surface area contributed by atoms with Crippen molar-refractivity contribution in [2.45, 2.75) is 18.6 Å². The van der Waals surface area contributed by atoms with Crippen LogP contribution in [0.1, 0.15) is 11.4 Å². The smallest absolute Gasteiger partial charge is 0.230 e. The standard InChI is InChI=1S/C19H19ClN4O2S/c1-13-22-23-19(24(13)16-7-5-15(20)6-8-16)27-12-18(25)21-11-14-3-9-17(26-2)10-4-14/h3-10H,11-12H2,1-2H3,(H,21,25). The number of methoxy groups -OCH3 is 1. The average Bonchev–Trinajstić information content (AvgIpc) is 3.06. The van der Waals surface area contributed by atoms with Crippen molar-refractivity contribution in [3.05, 3.63) is 64.9 Å². The highest BCUT2D eigenvalue weighted by Crippen LogP contribution is 2.23. The lowest BCUT2D eigenvalue weighted by molar-refractivity contribution is -0.118. The minimum atomic E-state index is -0.0703. The number of halogens is 1. The van der Waals surface area contributed by atoms with Crippen LogP contribution in [-0.4, -0.2) is 33.5 Å². The van der Waals surface area contributed by atoms with Gasteiger partial charge in [0.25, 0.3) is 0 Å². The molecule has 2 aromatic carbocycles. The number of benzene rings is 2. The van der Waals surface area contributed by atoms with Crippen LogP contribution in [0, 0.1) is 6.92 Å². The molecule has 1 heterocycles. The molecule has 0 atom stereocenters. The molecule has 3 rings (SSSR count). The van der Waals surface area contributed by atoms with E-state index in [9.17, 15) is 4.79 Å². The van der Waals surface area contributed by atoms with Gasteiger partial charge < -0.3 is 10.1 Å². The van der Waals surface area contributed by atoms with Crippen LogP contribution in [0.3, 0.4) is 0 Å². The summed E-state index contributed by atoms with van der Waals surface area (Å²) in [6, 6.07) is 15.0. The van der Waals surface area contributed by atoms with E-state index in [4.69, 9.17) is 16.3 Å². The number of thioether (sulfide) groups is 1. The van der Waals surface area contributed by atoms with Gasteiger partial charge in [0.15, 0.2) is 5.16 Å². The summed E-state index contributed by atoms with van der Waals surface area (Å²) < 4.78 is 7.03. The molecule has 0 aliphatic rings. The molecule has 27 heavy (non-hydrogen) atoms. The number of rotatable bonds is 7. The van der Waals surface area contributed by atoms with Crippen molar-refractivity contribution in [1.82, 2.24) is 20.1 Å². The molecular weight excluding hydrogens is 384 g/mol. The Morgan fingerprint density at radius 3 is 2.52 bits per heavy atom. The fourth-order valence-electron chi connectivity index (χ4n) is 2.45. The number of aromatic nitrogens is 3. The summed E-state index contributed by atoms with van der Waals surface area (Å²) in [5, 5.41) is 12.5. The maximum Gasteiger partial charge on any atom is 0.230 e. The molecule has 1 N–H and O–H groups in total. The van der Waals surface area contributed by atoms with Crippen molar-refractivity contribution in [3.8, 4) is 11.4 Å². The summed E-state index contributed by atoms with van der Waals surface area (Å²) in [6.45, 7) is 2.34. The Labute approximate surface area is 166 Å². The lowest BCUT2D eigenvalue weighted by Crippen LogP contribution is -2.24. The zero-order chi connectivity index (χ0) is 19.2. The molecule has 0 radical (unpaired) electrons.